The first kappa shape index (κ1) is 17.6. The van der Waals surface area contributed by atoms with Crippen LogP contribution in [0.4, 0.5) is 0 Å². The van der Waals surface area contributed by atoms with Crippen LogP contribution in [0.2, 0.25) is 0 Å². The van der Waals surface area contributed by atoms with Crippen molar-refractivity contribution in [2.24, 2.45) is 0 Å². The molecule has 0 saturated heterocycles. The van der Waals surface area contributed by atoms with Gasteiger partial charge in [0.15, 0.2) is 0 Å². The number of nitrogens with zero attached hydrogens (tertiary/aromatic N) is 1. The zero-order valence-corrected chi connectivity index (χ0v) is 13.7. The molecule has 0 spiro atoms. The van der Waals surface area contributed by atoms with Crippen LogP contribution in [-0.2, 0) is 9.53 Å². The Labute approximate surface area is 141 Å². The molecule has 0 radical (unpaired) electrons. The van der Waals surface area contributed by atoms with Gasteiger partial charge in [-0.15, -0.1) is 0 Å². The van der Waals surface area contributed by atoms with Gasteiger partial charge in [0.2, 0.25) is 5.91 Å². The van der Waals surface area contributed by atoms with Crippen LogP contribution in [-0.4, -0.2) is 41.7 Å². The van der Waals surface area contributed by atoms with E-state index in [0.717, 1.165) is 11.1 Å². The summed E-state index contributed by atoms with van der Waals surface area (Å²) in [5, 5.41) is 18.6. The first-order chi connectivity index (χ1) is 11.5. The van der Waals surface area contributed by atoms with E-state index >= 15 is 0 Å². The summed E-state index contributed by atoms with van der Waals surface area (Å²) in [5.74, 6) is 0.228. The number of amides is 1. The summed E-state index contributed by atoms with van der Waals surface area (Å²) in [6, 6.07) is 13.3. The van der Waals surface area contributed by atoms with Crippen molar-refractivity contribution in [3.63, 3.8) is 0 Å². The van der Waals surface area contributed by atoms with Crippen molar-refractivity contribution in [2.45, 2.75) is 6.10 Å². The summed E-state index contributed by atoms with van der Waals surface area (Å²) >= 11 is 0. The molecular formula is C19H21NO4. The van der Waals surface area contributed by atoms with E-state index in [-0.39, 0.29) is 23.5 Å². The number of carbonyl (C=O) groups excluding carboxylic acids is 1. The fraction of sp³-hybridized carbons (Fsp3) is 0.211. The van der Waals surface area contributed by atoms with Gasteiger partial charge in [0, 0.05) is 20.2 Å². The number of ether oxygens (including phenoxy) is 1. The lowest BCUT2D eigenvalue weighted by atomic mass is 10.1. The third kappa shape index (κ3) is 4.86. The van der Waals surface area contributed by atoms with Gasteiger partial charge in [-0.25, -0.2) is 0 Å². The average molecular weight is 327 g/mol. The van der Waals surface area contributed by atoms with Crippen LogP contribution in [0.3, 0.4) is 0 Å². The van der Waals surface area contributed by atoms with Gasteiger partial charge < -0.3 is 19.8 Å². The van der Waals surface area contributed by atoms with Crippen LogP contribution >= 0.6 is 0 Å². The van der Waals surface area contributed by atoms with E-state index in [4.69, 9.17) is 4.74 Å². The molecule has 5 heteroatoms. The number of methoxy groups -OCH3 is 1. The zero-order valence-electron chi connectivity index (χ0n) is 13.7. The predicted molar refractivity (Wildman–Crippen MR) is 92.6 cm³/mol. The molecule has 2 aromatic rings. The molecule has 1 unspecified atom stereocenters. The van der Waals surface area contributed by atoms with Crippen LogP contribution in [0.25, 0.3) is 6.08 Å². The Hall–Kier alpha value is -2.79. The van der Waals surface area contributed by atoms with Crippen molar-refractivity contribution in [1.29, 1.82) is 0 Å². The van der Waals surface area contributed by atoms with E-state index in [0.29, 0.717) is 6.54 Å². The third-order valence-electron chi connectivity index (χ3n) is 3.68. The molecule has 24 heavy (non-hydrogen) atoms. The van der Waals surface area contributed by atoms with Crippen molar-refractivity contribution in [3.05, 3.63) is 65.7 Å². The lowest BCUT2D eigenvalue weighted by Crippen LogP contribution is -2.30. The van der Waals surface area contributed by atoms with Crippen molar-refractivity contribution >= 4 is 12.0 Å². The highest BCUT2D eigenvalue weighted by atomic mass is 16.5. The number of benzene rings is 2. The quantitative estimate of drug-likeness (QED) is 0.800. The van der Waals surface area contributed by atoms with E-state index in [1.807, 2.05) is 0 Å². The summed E-state index contributed by atoms with van der Waals surface area (Å²) in [7, 11) is 3.29. The molecule has 2 aromatic carbocycles. The summed E-state index contributed by atoms with van der Waals surface area (Å²) in [5.41, 5.74) is 1.72. The van der Waals surface area contributed by atoms with Gasteiger partial charge in [-0.3, -0.25) is 4.79 Å². The zero-order chi connectivity index (χ0) is 17.5. The molecule has 126 valence electrons. The smallest absolute Gasteiger partial charge is 0.246 e. The van der Waals surface area contributed by atoms with E-state index in [9.17, 15) is 15.0 Å². The second-order valence-corrected chi connectivity index (χ2v) is 5.46. The molecule has 0 aromatic heterocycles. The Bertz CT molecular complexity index is 692. The topological polar surface area (TPSA) is 70.0 Å². The normalized spacial score (nSPS) is 12.2. The molecule has 1 amide bonds. The minimum absolute atomic E-state index is 0.149. The van der Waals surface area contributed by atoms with Crippen molar-refractivity contribution in [3.8, 4) is 11.5 Å². The monoisotopic (exact) mass is 327 g/mol. The van der Waals surface area contributed by atoms with Gasteiger partial charge in [0.25, 0.3) is 0 Å². The summed E-state index contributed by atoms with van der Waals surface area (Å²) in [4.78, 5) is 13.8. The summed E-state index contributed by atoms with van der Waals surface area (Å²) < 4.78 is 5.45. The maximum Gasteiger partial charge on any atom is 0.246 e. The number of hydrogen-bond donors (Lipinski definition) is 2. The number of likely N-dealkylation sites (N-methyl/N-ethyl adjacent to an activating group) is 1. The standard InChI is InChI=1S/C19H21NO4/c1-20(13-18(24-2)15-6-10-17(22)11-7-15)19(23)12-5-14-3-8-16(21)9-4-14/h3-12,18,21-22H,13H2,1-2H3. The van der Waals surface area contributed by atoms with Crippen LogP contribution in [0.1, 0.15) is 17.2 Å². The second-order valence-electron chi connectivity index (χ2n) is 5.46. The minimum Gasteiger partial charge on any atom is -0.508 e. The number of aromatic hydroxyl groups is 2. The van der Waals surface area contributed by atoms with Crippen LogP contribution in [0.15, 0.2) is 54.6 Å². The Morgan fingerprint density at radius 3 is 2.17 bits per heavy atom. The van der Waals surface area contributed by atoms with Gasteiger partial charge in [-0.2, -0.15) is 0 Å². The molecule has 2 N–H and O–H groups in total. The molecule has 0 bridgehead atoms. The van der Waals surface area contributed by atoms with E-state index in [1.165, 1.54) is 6.08 Å². The van der Waals surface area contributed by atoms with Crippen molar-refractivity contribution in [2.75, 3.05) is 20.7 Å². The number of phenolic OH excluding ortho intramolecular Hbond substituents is 2. The molecule has 0 heterocycles. The summed E-state index contributed by atoms with van der Waals surface area (Å²) in [6.45, 7) is 0.389. The number of rotatable bonds is 6. The molecule has 0 aliphatic carbocycles. The lowest BCUT2D eigenvalue weighted by Gasteiger charge is -2.22. The number of hydrogen-bond acceptors (Lipinski definition) is 4. The van der Waals surface area contributed by atoms with Crippen LogP contribution in [0, 0.1) is 0 Å². The molecule has 0 fully saturated rings. The highest BCUT2D eigenvalue weighted by Crippen LogP contribution is 2.20. The fourth-order valence-electron chi connectivity index (χ4n) is 2.22. The van der Waals surface area contributed by atoms with E-state index in [2.05, 4.69) is 0 Å². The number of phenols is 2. The largest absolute Gasteiger partial charge is 0.508 e. The SMILES string of the molecule is COC(CN(C)C(=O)C=Cc1ccc(O)cc1)c1ccc(O)cc1. The molecule has 0 aliphatic heterocycles. The van der Waals surface area contributed by atoms with Gasteiger partial charge >= 0.3 is 0 Å². The maximum absolute atomic E-state index is 12.2. The molecule has 5 nitrogen and oxygen atoms in total. The molecular weight excluding hydrogens is 306 g/mol. The molecule has 2 rings (SSSR count). The predicted octanol–water partition coefficient (Wildman–Crippen LogP) is 2.96. The van der Waals surface area contributed by atoms with Crippen molar-refractivity contribution in [1.82, 2.24) is 4.90 Å². The lowest BCUT2D eigenvalue weighted by molar-refractivity contribution is -0.126. The van der Waals surface area contributed by atoms with Gasteiger partial charge in [0.1, 0.15) is 11.5 Å². The van der Waals surface area contributed by atoms with Crippen LogP contribution < -0.4 is 0 Å². The van der Waals surface area contributed by atoms with Gasteiger partial charge in [-0.1, -0.05) is 24.3 Å². The summed E-state index contributed by atoms with van der Waals surface area (Å²) in [6.07, 6.45) is 2.90. The first-order valence-corrected chi connectivity index (χ1v) is 7.53. The Morgan fingerprint density at radius 1 is 1.08 bits per heavy atom. The van der Waals surface area contributed by atoms with Crippen LogP contribution in [0.5, 0.6) is 11.5 Å². The van der Waals surface area contributed by atoms with Gasteiger partial charge in [-0.05, 0) is 41.5 Å². The fourth-order valence-corrected chi connectivity index (χ4v) is 2.22. The molecule has 0 aliphatic rings. The minimum atomic E-state index is -0.276. The second kappa shape index (κ2) is 8.17. The maximum atomic E-state index is 12.2. The average Bonchev–Trinajstić information content (AvgIpc) is 2.59. The highest BCUT2D eigenvalue weighted by Gasteiger charge is 2.15. The Morgan fingerprint density at radius 2 is 1.62 bits per heavy atom. The molecule has 1 atom stereocenters. The highest BCUT2D eigenvalue weighted by molar-refractivity contribution is 5.91. The molecule has 0 saturated carbocycles. The van der Waals surface area contributed by atoms with Crippen molar-refractivity contribution < 1.29 is 19.7 Å². The number of carbonyl (C=O) groups is 1. The first-order valence-electron chi connectivity index (χ1n) is 7.53. The Balaban J connectivity index is 1.98. The Kier molecular flexibility index (Phi) is 5.98. The third-order valence-corrected chi connectivity index (χ3v) is 3.68. The van der Waals surface area contributed by atoms with Gasteiger partial charge in [0.05, 0.1) is 12.6 Å². The van der Waals surface area contributed by atoms with E-state index in [1.54, 1.807) is 73.7 Å². The van der Waals surface area contributed by atoms with E-state index < -0.39 is 0 Å².